The van der Waals surface area contributed by atoms with E-state index in [1.165, 1.54) is 0 Å². The van der Waals surface area contributed by atoms with Crippen LogP contribution in [0.2, 0.25) is 0 Å². The van der Waals surface area contributed by atoms with E-state index in [1.54, 1.807) is 7.11 Å². The third-order valence-electron chi connectivity index (χ3n) is 3.13. The zero-order valence-corrected chi connectivity index (χ0v) is 11.4. The number of carbonyl (C=O) groups excluding carboxylic acids is 1. The lowest BCUT2D eigenvalue weighted by Gasteiger charge is -2.21. The predicted octanol–water partition coefficient (Wildman–Crippen LogP) is 3.58. The number of hydrogen-bond acceptors (Lipinski definition) is 3. The smallest absolute Gasteiger partial charge is 0.152 e. The van der Waals surface area contributed by atoms with Crippen LogP contribution < -0.4 is 9.64 Å². The SMILES string of the molecule is COc1ccc(N(C)c2ccc(C)cc2C=O)cc1. The van der Waals surface area contributed by atoms with Crippen LogP contribution in [-0.2, 0) is 0 Å². The topological polar surface area (TPSA) is 29.5 Å². The van der Waals surface area contributed by atoms with E-state index < -0.39 is 0 Å². The lowest BCUT2D eigenvalue weighted by atomic mass is 10.1. The highest BCUT2D eigenvalue weighted by Crippen LogP contribution is 2.28. The molecule has 0 N–H and O–H groups in total. The zero-order chi connectivity index (χ0) is 13.8. The van der Waals surface area contributed by atoms with Gasteiger partial charge in [-0.2, -0.15) is 0 Å². The molecule has 0 fully saturated rings. The number of nitrogens with zero attached hydrogens (tertiary/aromatic N) is 1. The van der Waals surface area contributed by atoms with Gasteiger partial charge in [0.15, 0.2) is 6.29 Å². The highest BCUT2D eigenvalue weighted by Gasteiger charge is 2.09. The summed E-state index contributed by atoms with van der Waals surface area (Å²) in [5, 5.41) is 0. The minimum Gasteiger partial charge on any atom is -0.497 e. The van der Waals surface area contributed by atoms with Crippen molar-refractivity contribution in [2.75, 3.05) is 19.1 Å². The first-order chi connectivity index (χ1) is 9.15. The monoisotopic (exact) mass is 255 g/mol. The summed E-state index contributed by atoms with van der Waals surface area (Å²) in [7, 11) is 3.59. The number of carbonyl (C=O) groups is 1. The van der Waals surface area contributed by atoms with E-state index in [0.717, 1.165) is 29.0 Å². The summed E-state index contributed by atoms with van der Waals surface area (Å²) in [6, 6.07) is 13.6. The first-order valence-electron chi connectivity index (χ1n) is 6.09. The quantitative estimate of drug-likeness (QED) is 0.782. The second-order valence-electron chi connectivity index (χ2n) is 4.44. The fraction of sp³-hybridized carbons (Fsp3) is 0.188. The predicted molar refractivity (Wildman–Crippen MR) is 77.6 cm³/mol. The number of aryl methyl sites for hydroxylation is 1. The molecule has 0 bridgehead atoms. The first-order valence-corrected chi connectivity index (χ1v) is 6.09. The molecule has 3 nitrogen and oxygen atoms in total. The summed E-state index contributed by atoms with van der Waals surface area (Å²) in [6.07, 6.45) is 0.891. The molecule has 0 aromatic heterocycles. The molecule has 3 heteroatoms. The molecule has 0 amide bonds. The fourth-order valence-electron chi connectivity index (χ4n) is 2.02. The molecule has 98 valence electrons. The van der Waals surface area contributed by atoms with Crippen molar-refractivity contribution in [3.8, 4) is 5.75 Å². The Bertz CT molecular complexity index is 576. The highest BCUT2D eigenvalue weighted by molar-refractivity contribution is 5.87. The number of methoxy groups -OCH3 is 1. The van der Waals surface area contributed by atoms with Crippen molar-refractivity contribution in [1.82, 2.24) is 0 Å². The van der Waals surface area contributed by atoms with Crippen molar-refractivity contribution >= 4 is 17.7 Å². The third-order valence-corrected chi connectivity index (χ3v) is 3.13. The Morgan fingerprint density at radius 2 is 1.79 bits per heavy atom. The number of hydrogen-bond donors (Lipinski definition) is 0. The van der Waals surface area contributed by atoms with E-state index in [-0.39, 0.29) is 0 Å². The summed E-state index contributed by atoms with van der Waals surface area (Å²) < 4.78 is 5.14. The molecule has 0 aliphatic heterocycles. The lowest BCUT2D eigenvalue weighted by molar-refractivity contribution is 0.112. The number of aldehydes is 1. The molecule has 0 spiro atoms. The number of benzene rings is 2. The summed E-state index contributed by atoms with van der Waals surface area (Å²) in [5.41, 5.74) is 3.67. The molecular weight excluding hydrogens is 238 g/mol. The van der Waals surface area contributed by atoms with Crippen molar-refractivity contribution in [2.24, 2.45) is 0 Å². The van der Waals surface area contributed by atoms with Gasteiger partial charge in [-0.05, 0) is 43.3 Å². The van der Waals surface area contributed by atoms with Crippen LogP contribution >= 0.6 is 0 Å². The molecule has 0 saturated carbocycles. The molecule has 0 heterocycles. The second-order valence-corrected chi connectivity index (χ2v) is 4.44. The maximum absolute atomic E-state index is 11.2. The molecule has 2 rings (SSSR count). The van der Waals surface area contributed by atoms with Gasteiger partial charge in [-0.25, -0.2) is 0 Å². The van der Waals surface area contributed by atoms with Crippen molar-refractivity contribution in [3.63, 3.8) is 0 Å². The lowest BCUT2D eigenvalue weighted by Crippen LogP contribution is -2.11. The van der Waals surface area contributed by atoms with Crippen LogP contribution in [0.4, 0.5) is 11.4 Å². The molecule has 2 aromatic rings. The minimum atomic E-state index is 0.693. The molecule has 2 aromatic carbocycles. The standard InChI is InChI=1S/C16H17NO2/c1-12-4-9-16(13(10-12)11-18)17(2)14-5-7-15(19-3)8-6-14/h4-11H,1-3H3. The second kappa shape index (κ2) is 5.57. The summed E-state index contributed by atoms with van der Waals surface area (Å²) in [6.45, 7) is 1.98. The van der Waals surface area contributed by atoms with E-state index >= 15 is 0 Å². The van der Waals surface area contributed by atoms with Crippen molar-refractivity contribution < 1.29 is 9.53 Å². The van der Waals surface area contributed by atoms with Gasteiger partial charge >= 0.3 is 0 Å². The Morgan fingerprint density at radius 1 is 1.11 bits per heavy atom. The maximum atomic E-state index is 11.2. The van der Waals surface area contributed by atoms with E-state index in [0.29, 0.717) is 5.56 Å². The number of rotatable bonds is 4. The average Bonchev–Trinajstić information content (AvgIpc) is 2.46. The van der Waals surface area contributed by atoms with Gasteiger partial charge in [0.05, 0.1) is 12.8 Å². The molecular formula is C16H17NO2. The van der Waals surface area contributed by atoms with E-state index in [2.05, 4.69) is 0 Å². The van der Waals surface area contributed by atoms with E-state index in [1.807, 2.05) is 61.3 Å². The summed E-state index contributed by atoms with van der Waals surface area (Å²) in [4.78, 5) is 13.2. The Hall–Kier alpha value is -2.29. The Morgan fingerprint density at radius 3 is 2.37 bits per heavy atom. The van der Waals surface area contributed by atoms with Crippen LogP contribution in [0.25, 0.3) is 0 Å². The molecule has 0 saturated heterocycles. The number of anilines is 2. The van der Waals surface area contributed by atoms with Gasteiger partial charge in [0.1, 0.15) is 5.75 Å². The van der Waals surface area contributed by atoms with Crippen LogP contribution in [0.3, 0.4) is 0 Å². The van der Waals surface area contributed by atoms with E-state index in [4.69, 9.17) is 4.74 Å². The van der Waals surface area contributed by atoms with Gasteiger partial charge in [-0.15, -0.1) is 0 Å². The van der Waals surface area contributed by atoms with E-state index in [9.17, 15) is 4.79 Å². The number of ether oxygens (including phenoxy) is 1. The maximum Gasteiger partial charge on any atom is 0.152 e. The molecule has 0 aliphatic carbocycles. The van der Waals surface area contributed by atoms with Crippen LogP contribution in [0.5, 0.6) is 5.75 Å². The molecule has 0 radical (unpaired) electrons. The van der Waals surface area contributed by atoms with Gasteiger partial charge in [0.25, 0.3) is 0 Å². The largest absolute Gasteiger partial charge is 0.497 e. The molecule has 0 aliphatic rings. The van der Waals surface area contributed by atoms with Gasteiger partial charge in [0.2, 0.25) is 0 Å². The van der Waals surface area contributed by atoms with Crippen LogP contribution in [-0.4, -0.2) is 20.4 Å². The third kappa shape index (κ3) is 2.76. The van der Waals surface area contributed by atoms with Crippen molar-refractivity contribution in [3.05, 3.63) is 53.6 Å². The van der Waals surface area contributed by atoms with Crippen LogP contribution in [0.15, 0.2) is 42.5 Å². The summed E-state index contributed by atoms with van der Waals surface area (Å²) >= 11 is 0. The Labute approximate surface area is 113 Å². The Kier molecular flexibility index (Phi) is 3.85. The minimum absolute atomic E-state index is 0.693. The van der Waals surface area contributed by atoms with Crippen molar-refractivity contribution in [1.29, 1.82) is 0 Å². The molecule has 0 unspecified atom stereocenters. The Balaban J connectivity index is 2.37. The van der Waals surface area contributed by atoms with Gasteiger partial charge in [-0.1, -0.05) is 11.6 Å². The molecule has 19 heavy (non-hydrogen) atoms. The fourth-order valence-corrected chi connectivity index (χ4v) is 2.02. The van der Waals surface area contributed by atoms with Crippen LogP contribution in [0, 0.1) is 6.92 Å². The normalized spacial score (nSPS) is 10.1. The average molecular weight is 255 g/mol. The first kappa shape index (κ1) is 13.1. The van der Waals surface area contributed by atoms with Crippen molar-refractivity contribution in [2.45, 2.75) is 6.92 Å². The van der Waals surface area contributed by atoms with Gasteiger partial charge in [-0.3, -0.25) is 4.79 Å². The van der Waals surface area contributed by atoms with Crippen LogP contribution in [0.1, 0.15) is 15.9 Å². The van der Waals surface area contributed by atoms with Gasteiger partial charge < -0.3 is 9.64 Å². The highest BCUT2D eigenvalue weighted by atomic mass is 16.5. The summed E-state index contributed by atoms with van der Waals surface area (Å²) in [5.74, 6) is 0.816. The van der Waals surface area contributed by atoms with Gasteiger partial charge in [0, 0.05) is 18.3 Å². The molecule has 0 atom stereocenters. The zero-order valence-electron chi connectivity index (χ0n) is 11.4.